The number of carbonyl (C=O) groups is 1. The monoisotopic (exact) mass is 356 g/mol. The Kier molecular flexibility index (Phi) is 5.35. The van der Waals surface area contributed by atoms with Gasteiger partial charge in [0.15, 0.2) is 0 Å². The molecule has 1 aliphatic heterocycles. The van der Waals surface area contributed by atoms with Crippen LogP contribution in [-0.2, 0) is 4.79 Å². The van der Waals surface area contributed by atoms with Crippen molar-refractivity contribution in [2.75, 3.05) is 31.1 Å². The molecule has 0 unspecified atom stereocenters. The van der Waals surface area contributed by atoms with Crippen LogP contribution in [0.3, 0.4) is 0 Å². The molecule has 0 N–H and O–H groups in total. The highest BCUT2D eigenvalue weighted by molar-refractivity contribution is 5.82. The Morgan fingerprint density at radius 3 is 2.58 bits per heavy atom. The first kappa shape index (κ1) is 18.1. The van der Waals surface area contributed by atoms with Gasteiger partial charge in [-0.25, -0.2) is 4.98 Å². The summed E-state index contributed by atoms with van der Waals surface area (Å²) in [4.78, 5) is 31.4. The van der Waals surface area contributed by atoms with Crippen molar-refractivity contribution in [3.05, 3.63) is 40.4 Å². The molecular formula is C19H24N4O3. The van der Waals surface area contributed by atoms with E-state index in [1.807, 2.05) is 17.0 Å². The predicted octanol–water partition coefficient (Wildman–Crippen LogP) is 3.23. The van der Waals surface area contributed by atoms with Gasteiger partial charge in [-0.1, -0.05) is 13.8 Å². The number of aromatic nitrogens is 1. The van der Waals surface area contributed by atoms with Gasteiger partial charge in [0.1, 0.15) is 5.82 Å². The number of benzene rings is 1. The standard InChI is InChI=1S/C19H24N4O3/c1-14(2)3-8-19(24)22-11-9-21(10-12-22)18-7-4-15-13-16(23(25)26)5-6-17(15)20-18/h4-7,13-14H,3,8-12H2,1-2H3. The van der Waals surface area contributed by atoms with Gasteiger partial charge in [0.2, 0.25) is 5.91 Å². The van der Waals surface area contributed by atoms with Gasteiger partial charge in [-0.3, -0.25) is 14.9 Å². The molecule has 7 nitrogen and oxygen atoms in total. The van der Waals surface area contributed by atoms with Gasteiger partial charge in [0, 0.05) is 50.1 Å². The van der Waals surface area contributed by atoms with E-state index in [0.29, 0.717) is 25.4 Å². The van der Waals surface area contributed by atoms with E-state index in [9.17, 15) is 14.9 Å². The molecule has 0 aliphatic carbocycles. The summed E-state index contributed by atoms with van der Waals surface area (Å²) >= 11 is 0. The molecule has 2 heterocycles. The average molecular weight is 356 g/mol. The summed E-state index contributed by atoms with van der Waals surface area (Å²) in [7, 11) is 0. The van der Waals surface area contributed by atoms with Crippen molar-refractivity contribution in [3.8, 4) is 0 Å². The summed E-state index contributed by atoms with van der Waals surface area (Å²) in [6.07, 6.45) is 1.54. The summed E-state index contributed by atoms with van der Waals surface area (Å²) in [5.41, 5.74) is 0.809. The lowest BCUT2D eigenvalue weighted by Crippen LogP contribution is -2.49. The highest BCUT2D eigenvalue weighted by atomic mass is 16.6. The van der Waals surface area contributed by atoms with Crippen LogP contribution >= 0.6 is 0 Å². The SMILES string of the molecule is CC(C)CCC(=O)N1CCN(c2ccc3cc([N+](=O)[O-])ccc3n2)CC1. The van der Waals surface area contributed by atoms with E-state index in [4.69, 9.17) is 0 Å². The van der Waals surface area contributed by atoms with E-state index in [-0.39, 0.29) is 11.6 Å². The summed E-state index contributed by atoms with van der Waals surface area (Å²) in [5, 5.41) is 11.6. The lowest BCUT2D eigenvalue weighted by Gasteiger charge is -2.35. The topological polar surface area (TPSA) is 79.6 Å². The number of hydrogen-bond donors (Lipinski definition) is 0. The first-order valence-electron chi connectivity index (χ1n) is 9.02. The smallest absolute Gasteiger partial charge is 0.270 e. The lowest BCUT2D eigenvalue weighted by molar-refractivity contribution is -0.384. The molecule has 0 bridgehead atoms. The number of piperazine rings is 1. The van der Waals surface area contributed by atoms with Crippen LogP contribution in [-0.4, -0.2) is 46.9 Å². The predicted molar refractivity (Wildman–Crippen MR) is 101 cm³/mol. The van der Waals surface area contributed by atoms with E-state index in [1.54, 1.807) is 6.07 Å². The average Bonchev–Trinajstić information content (AvgIpc) is 2.65. The van der Waals surface area contributed by atoms with E-state index < -0.39 is 4.92 Å². The molecule has 138 valence electrons. The Morgan fingerprint density at radius 2 is 1.92 bits per heavy atom. The number of carbonyl (C=O) groups excluding carboxylic acids is 1. The summed E-state index contributed by atoms with van der Waals surface area (Å²) in [6, 6.07) is 8.46. The van der Waals surface area contributed by atoms with Gasteiger partial charge in [-0.05, 0) is 30.5 Å². The van der Waals surface area contributed by atoms with E-state index >= 15 is 0 Å². The first-order valence-corrected chi connectivity index (χ1v) is 9.02. The fourth-order valence-electron chi connectivity index (χ4n) is 3.15. The van der Waals surface area contributed by atoms with Crippen LogP contribution in [0.25, 0.3) is 10.9 Å². The number of nitro benzene ring substituents is 1. The van der Waals surface area contributed by atoms with Crippen LogP contribution in [0, 0.1) is 16.0 Å². The van der Waals surface area contributed by atoms with Gasteiger partial charge >= 0.3 is 0 Å². The molecule has 2 aromatic rings. The van der Waals surface area contributed by atoms with Crippen LogP contribution in [0.5, 0.6) is 0 Å². The maximum Gasteiger partial charge on any atom is 0.270 e. The van der Waals surface area contributed by atoms with Gasteiger partial charge < -0.3 is 9.80 Å². The largest absolute Gasteiger partial charge is 0.353 e. The van der Waals surface area contributed by atoms with Crippen molar-refractivity contribution in [1.29, 1.82) is 0 Å². The van der Waals surface area contributed by atoms with Crippen molar-refractivity contribution < 1.29 is 9.72 Å². The van der Waals surface area contributed by atoms with Gasteiger partial charge in [-0.15, -0.1) is 0 Å². The maximum atomic E-state index is 12.2. The zero-order valence-electron chi connectivity index (χ0n) is 15.2. The Hall–Kier alpha value is -2.70. The number of amides is 1. The molecule has 0 radical (unpaired) electrons. The molecule has 7 heteroatoms. The fraction of sp³-hybridized carbons (Fsp3) is 0.474. The van der Waals surface area contributed by atoms with Crippen molar-refractivity contribution in [3.63, 3.8) is 0 Å². The molecule has 1 amide bonds. The van der Waals surface area contributed by atoms with Crippen LogP contribution < -0.4 is 4.90 Å². The molecule has 1 saturated heterocycles. The number of fused-ring (bicyclic) bond motifs is 1. The number of hydrogen-bond acceptors (Lipinski definition) is 5. The molecule has 1 aromatic heterocycles. The van der Waals surface area contributed by atoms with Crippen molar-refractivity contribution in [2.24, 2.45) is 5.92 Å². The highest BCUT2D eigenvalue weighted by Crippen LogP contribution is 2.23. The number of nitrogens with zero attached hydrogens (tertiary/aromatic N) is 4. The minimum atomic E-state index is -0.400. The highest BCUT2D eigenvalue weighted by Gasteiger charge is 2.22. The Balaban J connectivity index is 1.65. The number of nitro groups is 1. The molecule has 1 aliphatic rings. The molecule has 0 spiro atoms. The number of pyridine rings is 1. The summed E-state index contributed by atoms with van der Waals surface area (Å²) in [6.45, 7) is 7.17. The minimum Gasteiger partial charge on any atom is -0.353 e. The quantitative estimate of drug-likeness (QED) is 0.607. The summed E-state index contributed by atoms with van der Waals surface area (Å²) < 4.78 is 0. The molecule has 1 aromatic carbocycles. The molecule has 3 rings (SSSR count). The van der Waals surface area contributed by atoms with Crippen LogP contribution in [0.15, 0.2) is 30.3 Å². The lowest BCUT2D eigenvalue weighted by atomic mass is 10.1. The Morgan fingerprint density at radius 1 is 1.19 bits per heavy atom. The zero-order chi connectivity index (χ0) is 18.7. The third-order valence-electron chi connectivity index (χ3n) is 4.76. The second kappa shape index (κ2) is 7.68. The van der Waals surface area contributed by atoms with E-state index in [1.165, 1.54) is 12.1 Å². The van der Waals surface area contributed by atoms with Crippen molar-refractivity contribution in [1.82, 2.24) is 9.88 Å². The molecule has 0 atom stereocenters. The van der Waals surface area contributed by atoms with Gasteiger partial charge in [-0.2, -0.15) is 0 Å². The second-order valence-corrected chi connectivity index (χ2v) is 7.10. The van der Waals surface area contributed by atoms with E-state index in [0.717, 1.165) is 36.2 Å². The number of rotatable bonds is 5. The first-order chi connectivity index (χ1) is 12.4. The van der Waals surface area contributed by atoms with Crippen LogP contribution in [0.4, 0.5) is 11.5 Å². The Labute approximate surface area is 152 Å². The molecular weight excluding hydrogens is 332 g/mol. The number of anilines is 1. The van der Waals surface area contributed by atoms with Gasteiger partial charge in [0.25, 0.3) is 5.69 Å². The normalized spacial score (nSPS) is 14.9. The number of non-ortho nitro benzene ring substituents is 1. The second-order valence-electron chi connectivity index (χ2n) is 7.10. The maximum absolute atomic E-state index is 12.2. The van der Waals surface area contributed by atoms with Crippen LogP contribution in [0.1, 0.15) is 26.7 Å². The third-order valence-corrected chi connectivity index (χ3v) is 4.76. The fourth-order valence-corrected chi connectivity index (χ4v) is 3.15. The zero-order valence-corrected chi connectivity index (χ0v) is 15.2. The summed E-state index contributed by atoms with van der Waals surface area (Å²) in [5.74, 6) is 1.62. The minimum absolute atomic E-state index is 0.0700. The molecule has 1 fully saturated rings. The van der Waals surface area contributed by atoms with Crippen LogP contribution in [0.2, 0.25) is 0 Å². The van der Waals surface area contributed by atoms with Gasteiger partial charge in [0.05, 0.1) is 10.4 Å². The van der Waals surface area contributed by atoms with E-state index in [2.05, 4.69) is 23.7 Å². The van der Waals surface area contributed by atoms with Crippen molar-refractivity contribution in [2.45, 2.75) is 26.7 Å². The Bertz CT molecular complexity index is 814. The molecule has 0 saturated carbocycles. The van der Waals surface area contributed by atoms with Crippen molar-refractivity contribution >= 4 is 28.3 Å². The third kappa shape index (κ3) is 4.09. The molecule has 26 heavy (non-hydrogen) atoms.